The molecule has 0 spiro atoms. The van der Waals surface area contributed by atoms with Gasteiger partial charge in [0.2, 0.25) is 5.91 Å². The molecular formula is C18H15FN4O2. The van der Waals surface area contributed by atoms with Crippen LogP contribution in [-0.4, -0.2) is 27.6 Å². The zero-order valence-corrected chi connectivity index (χ0v) is 13.5. The Morgan fingerprint density at radius 3 is 2.84 bits per heavy atom. The molecule has 3 aromatic rings. The molecular weight excluding hydrogens is 323 g/mol. The monoisotopic (exact) mass is 338 g/mol. The minimum atomic E-state index is -0.412. The number of aryl methyl sites for hydroxylation is 1. The third-order valence-corrected chi connectivity index (χ3v) is 4.25. The van der Waals surface area contributed by atoms with Gasteiger partial charge < -0.3 is 9.42 Å². The van der Waals surface area contributed by atoms with E-state index in [2.05, 4.69) is 15.1 Å². The van der Waals surface area contributed by atoms with Crippen molar-refractivity contribution in [3.63, 3.8) is 0 Å². The van der Waals surface area contributed by atoms with Crippen molar-refractivity contribution in [2.24, 2.45) is 0 Å². The van der Waals surface area contributed by atoms with Crippen LogP contribution in [0, 0.1) is 12.7 Å². The van der Waals surface area contributed by atoms with Crippen LogP contribution in [0.25, 0.3) is 11.5 Å². The van der Waals surface area contributed by atoms with Crippen LogP contribution in [0.5, 0.6) is 0 Å². The molecule has 1 aliphatic heterocycles. The smallest absolute Gasteiger partial charge is 0.258 e. The second-order valence-electron chi connectivity index (χ2n) is 6.05. The number of benzene rings is 1. The number of hydrogen-bond donors (Lipinski definition) is 0. The Labute approximate surface area is 143 Å². The summed E-state index contributed by atoms with van der Waals surface area (Å²) < 4.78 is 19.4. The van der Waals surface area contributed by atoms with E-state index in [4.69, 9.17) is 4.52 Å². The number of pyridine rings is 1. The van der Waals surface area contributed by atoms with Crippen LogP contribution < -0.4 is 4.90 Å². The highest BCUT2D eigenvalue weighted by atomic mass is 19.1. The fourth-order valence-corrected chi connectivity index (χ4v) is 2.96. The average molecular weight is 338 g/mol. The molecule has 7 heteroatoms. The van der Waals surface area contributed by atoms with E-state index in [1.54, 1.807) is 36.7 Å². The summed E-state index contributed by atoms with van der Waals surface area (Å²) in [5.41, 5.74) is 1.96. The second-order valence-corrected chi connectivity index (χ2v) is 6.05. The summed E-state index contributed by atoms with van der Waals surface area (Å²) in [5.74, 6) is 0.0439. The minimum Gasteiger partial charge on any atom is -0.334 e. The number of amides is 1. The lowest BCUT2D eigenvalue weighted by Gasteiger charge is -2.17. The zero-order chi connectivity index (χ0) is 17.4. The summed E-state index contributed by atoms with van der Waals surface area (Å²) in [6, 6.07) is 8.27. The molecule has 3 heterocycles. The molecule has 0 saturated carbocycles. The largest absolute Gasteiger partial charge is 0.334 e. The lowest BCUT2D eigenvalue weighted by molar-refractivity contribution is -0.117. The molecule has 4 rings (SSSR count). The van der Waals surface area contributed by atoms with Crippen molar-refractivity contribution in [1.29, 1.82) is 0 Å². The molecule has 126 valence electrons. The Hall–Kier alpha value is -3.09. The normalized spacial score (nSPS) is 17.3. The van der Waals surface area contributed by atoms with Crippen LogP contribution in [0.3, 0.4) is 0 Å². The first-order chi connectivity index (χ1) is 12.1. The fourth-order valence-electron chi connectivity index (χ4n) is 2.96. The highest BCUT2D eigenvalue weighted by Crippen LogP contribution is 2.33. The summed E-state index contributed by atoms with van der Waals surface area (Å²) in [4.78, 5) is 22.2. The van der Waals surface area contributed by atoms with Crippen LogP contribution in [0.1, 0.15) is 23.7 Å². The number of nitrogens with zero attached hydrogens (tertiary/aromatic N) is 4. The first kappa shape index (κ1) is 15.4. The van der Waals surface area contributed by atoms with E-state index in [0.717, 1.165) is 11.1 Å². The maximum absolute atomic E-state index is 14.1. The SMILES string of the molecule is Cc1ccc(F)c(N2CC(c3noc(-c4ccncc4)n3)CC2=O)c1. The molecule has 0 N–H and O–H groups in total. The molecule has 1 amide bonds. The van der Waals surface area contributed by atoms with Crippen LogP contribution in [-0.2, 0) is 4.79 Å². The van der Waals surface area contributed by atoms with E-state index < -0.39 is 5.82 Å². The highest BCUT2D eigenvalue weighted by Gasteiger charge is 2.35. The van der Waals surface area contributed by atoms with Gasteiger partial charge in [-0.05, 0) is 36.8 Å². The molecule has 25 heavy (non-hydrogen) atoms. The first-order valence-corrected chi connectivity index (χ1v) is 7.92. The van der Waals surface area contributed by atoms with Crippen LogP contribution in [0.2, 0.25) is 0 Å². The number of carbonyl (C=O) groups is 1. The van der Waals surface area contributed by atoms with Gasteiger partial charge in [-0.1, -0.05) is 11.2 Å². The van der Waals surface area contributed by atoms with E-state index in [-0.39, 0.29) is 18.2 Å². The lowest BCUT2D eigenvalue weighted by atomic mass is 10.1. The predicted molar refractivity (Wildman–Crippen MR) is 88.4 cm³/mol. The third-order valence-electron chi connectivity index (χ3n) is 4.25. The van der Waals surface area contributed by atoms with E-state index in [1.165, 1.54) is 11.0 Å². The molecule has 2 aromatic heterocycles. The number of halogens is 1. The quantitative estimate of drug-likeness (QED) is 0.734. The fraction of sp³-hybridized carbons (Fsp3) is 0.222. The molecule has 1 atom stereocenters. The van der Waals surface area contributed by atoms with Gasteiger partial charge in [0, 0.05) is 36.8 Å². The summed E-state index contributed by atoms with van der Waals surface area (Å²) in [7, 11) is 0. The maximum atomic E-state index is 14.1. The zero-order valence-electron chi connectivity index (χ0n) is 13.5. The van der Waals surface area contributed by atoms with Gasteiger partial charge in [-0.25, -0.2) is 4.39 Å². The predicted octanol–water partition coefficient (Wildman–Crippen LogP) is 3.10. The molecule has 1 unspecified atom stereocenters. The van der Waals surface area contributed by atoms with Gasteiger partial charge in [-0.15, -0.1) is 0 Å². The van der Waals surface area contributed by atoms with E-state index >= 15 is 0 Å². The van der Waals surface area contributed by atoms with Gasteiger partial charge in [0.1, 0.15) is 5.82 Å². The van der Waals surface area contributed by atoms with Crippen LogP contribution in [0.4, 0.5) is 10.1 Å². The first-order valence-electron chi connectivity index (χ1n) is 7.92. The summed E-state index contributed by atoms with van der Waals surface area (Å²) >= 11 is 0. The molecule has 1 aliphatic rings. The number of anilines is 1. The Kier molecular flexibility index (Phi) is 3.76. The van der Waals surface area contributed by atoms with Gasteiger partial charge >= 0.3 is 0 Å². The number of carbonyl (C=O) groups excluding carboxylic acids is 1. The molecule has 1 fully saturated rings. The topological polar surface area (TPSA) is 72.1 Å². The Morgan fingerprint density at radius 2 is 2.04 bits per heavy atom. The van der Waals surface area contributed by atoms with Gasteiger partial charge in [0.15, 0.2) is 5.82 Å². The number of aromatic nitrogens is 3. The third kappa shape index (κ3) is 2.88. The standard InChI is InChI=1S/C18H15FN4O2/c1-11-2-3-14(19)15(8-11)23-10-13(9-16(23)24)17-21-18(25-22-17)12-4-6-20-7-5-12/h2-8,13H,9-10H2,1H3. The van der Waals surface area contributed by atoms with Gasteiger partial charge in [-0.3, -0.25) is 9.78 Å². The van der Waals surface area contributed by atoms with E-state index in [1.807, 2.05) is 6.92 Å². The van der Waals surface area contributed by atoms with Gasteiger partial charge in [0.05, 0.1) is 5.69 Å². The Balaban J connectivity index is 1.59. The minimum absolute atomic E-state index is 0.148. The van der Waals surface area contributed by atoms with Crippen LogP contribution >= 0.6 is 0 Å². The molecule has 0 aliphatic carbocycles. The van der Waals surface area contributed by atoms with Crippen LogP contribution in [0.15, 0.2) is 47.2 Å². The van der Waals surface area contributed by atoms with Crippen molar-refractivity contribution in [2.75, 3.05) is 11.4 Å². The van der Waals surface area contributed by atoms with E-state index in [0.29, 0.717) is 23.9 Å². The van der Waals surface area contributed by atoms with Gasteiger partial charge in [0.25, 0.3) is 5.89 Å². The van der Waals surface area contributed by atoms with Crippen molar-refractivity contribution >= 4 is 11.6 Å². The van der Waals surface area contributed by atoms with E-state index in [9.17, 15) is 9.18 Å². The van der Waals surface area contributed by atoms with Crippen molar-refractivity contribution in [3.05, 3.63) is 59.9 Å². The van der Waals surface area contributed by atoms with Crippen molar-refractivity contribution in [1.82, 2.24) is 15.1 Å². The number of rotatable bonds is 3. The highest BCUT2D eigenvalue weighted by molar-refractivity contribution is 5.96. The molecule has 6 nitrogen and oxygen atoms in total. The summed E-state index contributed by atoms with van der Waals surface area (Å²) in [5, 5.41) is 4.00. The maximum Gasteiger partial charge on any atom is 0.258 e. The Morgan fingerprint density at radius 1 is 1.24 bits per heavy atom. The Bertz CT molecular complexity index is 926. The molecule has 0 radical (unpaired) electrons. The average Bonchev–Trinajstić information content (AvgIpc) is 3.25. The van der Waals surface area contributed by atoms with Gasteiger partial charge in [-0.2, -0.15) is 4.98 Å². The van der Waals surface area contributed by atoms with Crippen molar-refractivity contribution < 1.29 is 13.7 Å². The summed E-state index contributed by atoms with van der Waals surface area (Å²) in [6.45, 7) is 2.19. The van der Waals surface area contributed by atoms with Crippen molar-refractivity contribution in [3.8, 4) is 11.5 Å². The molecule has 1 saturated heterocycles. The van der Waals surface area contributed by atoms with Crippen molar-refractivity contribution in [2.45, 2.75) is 19.3 Å². The second kappa shape index (κ2) is 6.08. The number of hydrogen-bond acceptors (Lipinski definition) is 5. The summed E-state index contributed by atoms with van der Waals surface area (Å²) in [6.07, 6.45) is 3.50. The lowest BCUT2D eigenvalue weighted by Crippen LogP contribution is -2.25. The molecule has 0 bridgehead atoms. The molecule has 1 aromatic carbocycles.